The second-order valence-corrected chi connectivity index (χ2v) is 3.99. The maximum absolute atomic E-state index is 5.91. The molecule has 0 fully saturated rings. The first-order valence-electron chi connectivity index (χ1n) is 4.98. The van der Waals surface area contributed by atoms with E-state index < -0.39 is 0 Å². The van der Waals surface area contributed by atoms with Crippen LogP contribution in [0.4, 0.5) is 5.69 Å². The summed E-state index contributed by atoms with van der Waals surface area (Å²) in [6.45, 7) is 0. The second kappa shape index (κ2) is 4.11. The summed E-state index contributed by atoms with van der Waals surface area (Å²) in [5, 5.41) is 14.3. The van der Waals surface area contributed by atoms with Crippen molar-refractivity contribution in [2.45, 2.75) is 0 Å². The van der Waals surface area contributed by atoms with Gasteiger partial charge in [0.05, 0.1) is 6.20 Å². The van der Waals surface area contributed by atoms with Crippen molar-refractivity contribution in [3.63, 3.8) is 0 Å². The lowest BCUT2D eigenvalue weighted by atomic mass is 10.2. The van der Waals surface area contributed by atoms with Crippen LogP contribution in [0.25, 0.3) is 23.0 Å². The van der Waals surface area contributed by atoms with E-state index in [1.165, 1.54) is 6.20 Å². The fraction of sp³-hybridized carbons (Fsp3) is 0. The Morgan fingerprint density at radius 2 is 2.17 bits per heavy atom. The zero-order chi connectivity index (χ0) is 12.5. The van der Waals surface area contributed by atoms with E-state index >= 15 is 0 Å². The van der Waals surface area contributed by atoms with Crippen molar-refractivity contribution in [2.24, 2.45) is 0 Å². The highest BCUT2D eigenvalue weighted by Gasteiger charge is 2.13. The molecule has 18 heavy (non-hydrogen) atoms. The molecule has 8 heteroatoms. The fourth-order valence-electron chi connectivity index (χ4n) is 1.49. The number of nitrogens with zero attached hydrogens (tertiary/aromatic N) is 4. The van der Waals surface area contributed by atoms with E-state index in [-0.39, 0.29) is 0 Å². The zero-order valence-corrected chi connectivity index (χ0v) is 9.72. The van der Waals surface area contributed by atoms with Crippen LogP contribution in [0.3, 0.4) is 0 Å². The maximum atomic E-state index is 5.91. The molecule has 0 saturated heterocycles. The normalized spacial score (nSPS) is 10.7. The van der Waals surface area contributed by atoms with Gasteiger partial charge in [-0.3, -0.25) is 0 Å². The minimum absolute atomic E-state index is 0.321. The minimum Gasteiger partial charge on any atom is -0.399 e. The van der Waals surface area contributed by atoms with E-state index in [0.717, 1.165) is 0 Å². The first-order chi connectivity index (χ1) is 8.72. The summed E-state index contributed by atoms with van der Waals surface area (Å²) in [6, 6.07) is 5.03. The number of nitrogens with one attached hydrogen (secondary N) is 1. The van der Waals surface area contributed by atoms with Gasteiger partial charge in [0.1, 0.15) is 0 Å². The van der Waals surface area contributed by atoms with Gasteiger partial charge in [0.2, 0.25) is 5.82 Å². The molecule has 0 saturated carbocycles. The topological polar surface area (TPSA) is 107 Å². The van der Waals surface area contributed by atoms with E-state index in [1.807, 2.05) is 0 Å². The van der Waals surface area contributed by atoms with Crippen molar-refractivity contribution < 1.29 is 4.52 Å². The van der Waals surface area contributed by atoms with Crippen molar-refractivity contribution in [2.75, 3.05) is 5.73 Å². The van der Waals surface area contributed by atoms with Gasteiger partial charge in [-0.1, -0.05) is 16.8 Å². The molecule has 0 aliphatic carbocycles. The lowest BCUT2D eigenvalue weighted by Gasteiger charge is -1.98. The second-order valence-electron chi connectivity index (χ2n) is 3.55. The molecular formula is C10H7ClN6O. The van der Waals surface area contributed by atoms with Gasteiger partial charge in [0, 0.05) is 16.3 Å². The summed E-state index contributed by atoms with van der Waals surface area (Å²) < 4.78 is 5.13. The van der Waals surface area contributed by atoms with Crippen molar-refractivity contribution in [3.8, 4) is 23.0 Å². The Morgan fingerprint density at radius 1 is 1.28 bits per heavy atom. The number of nitrogens with two attached hydrogens (primary N) is 1. The summed E-state index contributed by atoms with van der Waals surface area (Å²) >= 11 is 5.91. The SMILES string of the molecule is Nc1cc(Cl)cc(-c2nc(-c3cn[nH]n3)no2)c1. The van der Waals surface area contributed by atoms with Gasteiger partial charge in [0.25, 0.3) is 5.89 Å². The lowest BCUT2D eigenvalue weighted by Crippen LogP contribution is -1.86. The van der Waals surface area contributed by atoms with E-state index in [9.17, 15) is 0 Å². The van der Waals surface area contributed by atoms with Crippen LogP contribution in [0.5, 0.6) is 0 Å². The van der Waals surface area contributed by atoms with Crippen molar-refractivity contribution in [1.82, 2.24) is 25.6 Å². The molecule has 90 valence electrons. The lowest BCUT2D eigenvalue weighted by molar-refractivity contribution is 0.432. The number of benzene rings is 1. The third-order valence-corrected chi connectivity index (χ3v) is 2.46. The first-order valence-corrected chi connectivity index (χ1v) is 5.36. The summed E-state index contributed by atoms with van der Waals surface area (Å²) in [4.78, 5) is 4.19. The van der Waals surface area contributed by atoms with E-state index in [2.05, 4.69) is 25.6 Å². The van der Waals surface area contributed by atoms with Gasteiger partial charge in [-0.15, -0.1) is 0 Å². The monoisotopic (exact) mass is 262 g/mol. The van der Waals surface area contributed by atoms with Crippen LogP contribution in [0.2, 0.25) is 5.02 Å². The fourth-order valence-corrected chi connectivity index (χ4v) is 1.73. The molecule has 3 aromatic rings. The molecule has 3 N–H and O–H groups in total. The molecule has 0 aliphatic rings. The number of hydrogen-bond acceptors (Lipinski definition) is 6. The summed E-state index contributed by atoms with van der Waals surface area (Å²) in [5.74, 6) is 0.666. The predicted molar refractivity (Wildman–Crippen MR) is 64.5 cm³/mol. The Morgan fingerprint density at radius 3 is 2.89 bits per heavy atom. The van der Waals surface area contributed by atoms with Gasteiger partial charge >= 0.3 is 0 Å². The molecule has 0 radical (unpaired) electrons. The van der Waals surface area contributed by atoms with Crippen molar-refractivity contribution in [1.29, 1.82) is 0 Å². The number of H-pyrrole nitrogens is 1. The highest BCUT2D eigenvalue weighted by Crippen LogP contribution is 2.26. The molecular weight excluding hydrogens is 256 g/mol. The van der Waals surface area contributed by atoms with E-state index in [4.69, 9.17) is 21.9 Å². The molecule has 0 bridgehead atoms. The quantitative estimate of drug-likeness (QED) is 0.682. The van der Waals surface area contributed by atoms with Crippen LogP contribution in [-0.4, -0.2) is 25.6 Å². The number of anilines is 1. The van der Waals surface area contributed by atoms with Crippen molar-refractivity contribution >= 4 is 17.3 Å². The molecule has 3 rings (SSSR count). The Balaban J connectivity index is 2.03. The number of halogens is 1. The van der Waals surface area contributed by atoms with Gasteiger partial charge in [-0.2, -0.15) is 20.4 Å². The molecule has 0 aliphatic heterocycles. The largest absolute Gasteiger partial charge is 0.399 e. The number of aromatic amines is 1. The van der Waals surface area contributed by atoms with Crippen molar-refractivity contribution in [3.05, 3.63) is 29.4 Å². The maximum Gasteiger partial charge on any atom is 0.258 e. The Bertz CT molecular complexity index is 657. The van der Waals surface area contributed by atoms with Crippen LogP contribution in [0.1, 0.15) is 0 Å². The molecule has 2 heterocycles. The smallest absolute Gasteiger partial charge is 0.258 e. The van der Waals surface area contributed by atoms with Gasteiger partial charge in [0.15, 0.2) is 5.69 Å². The van der Waals surface area contributed by atoms with Crippen LogP contribution >= 0.6 is 11.6 Å². The Hall–Kier alpha value is -2.41. The summed E-state index contributed by atoms with van der Waals surface area (Å²) in [7, 11) is 0. The summed E-state index contributed by atoms with van der Waals surface area (Å²) in [5.41, 5.74) is 7.38. The predicted octanol–water partition coefficient (Wildman–Crippen LogP) is 1.76. The highest BCUT2D eigenvalue weighted by molar-refractivity contribution is 6.31. The minimum atomic E-state index is 0.321. The van der Waals surface area contributed by atoms with Crippen LogP contribution in [0, 0.1) is 0 Å². The standard InChI is InChI=1S/C10H7ClN6O/c11-6-1-5(2-7(12)3-6)10-14-9(16-18-10)8-4-13-17-15-8/h1-4H,12H2,(H,13,15,17). The van der Waals surface area contributed by atoms with Gasteiger partial charge < -0.3 is 10.3 Å². The number of rotatable bonds is 2. The van der Waals surface area contributed by atoms with Gasteiger partial charge in [-0.05, 0) is 18.2 Å². The van der Waals surface area contributed by atoms with E-state index in [1.54, 1.807) is 18.2 Å². The molecule has 1 aromatic carbocycles. The molecule has 0 unspecified atom stereocenters. The highest BCUT2D eigenvalue weighted by atomic mass is 35.5. The Kier molecular flexibility index (Phi) is 2.45. The summed E-state index contributed by atoms with van der Waals surface area (Å²) in [6.07, 6.45) is 1.50. The van der Waals surface area contributed by atoms with E-state index in [0.29, 0.717) is 33.7 Å². The zero-order valence-electron chi connectivity index (χ0n) is 8.96. The third-order valence-electron chi connectivity index (χ3n) is 2.24. The number of aromatic nitrogens is 5. The van der Waals surface area contributed by atoms with Crippen LogP contribution < -0.4 is 5.73 Å². The third kappa shape index (κ3) is 1.91. The molecule has 0 spiro atoms. The molecule has 2 aromatic heterocycles. The van der Waals surface area contributed by atoms with Crippen LogP contribution in [0.15, 0.2) is 28.9 Å². The van der Waals surface area contributed by atoms with Gasteiger partial charge in [-0.25, -0.2) is 0 Å². The average Bonchev–Trinajstić information content (AvgIpc) is 2.99. The number of hydrogen-bond donors (Lipinski definition) is 2. The first kappa shape index (κ1) is 10.7. The van der Waals surface area contributed by atoms with Crippen LogP contribution in [-0.2, 0) is 0 Å². The Labute approximate surface area is 106 Å². The number of nitrogen functional groups attached to an aromatic ring is 1. The molecule has 0 amide bonds. The molecule has 7 nitrogen and oxygen atoms in total. The average molecular weight is 263 g/mol. The molecule has 0 atom stereocenters.